The molecule has 0 bridgehead atoms. The normalized spacial score (nSPS) is 16.1. The molecule has 1 aromatic carbocycles. The molecular formula is C21H24FN4O+. The van der Waals surface area contributed by atoms with Crippen molar-refractivity contribution in [1.82, 2.24) is 14.6 Å². The lowest BCUT2D eigenvalue weighted by atomic mass is 9.86. The predicted molar refractivity (Wildman–Crippen MR) is 102 cm³/mol. The fourth-order valence-electron chi connectivity index (χ4n) is 3.25. The minimum Gasteiger partial charge on any atom is -0.421 e. The number of hydrogen-bond acceptors (Lipinski definition) is 3. The van der Waals surface area contributed by atoms with Crippen LogP contribution < -0.4 is 4.57 Å². The van der Waals surface area contributed by atoms with Gasteiger partial charge in [-0.05, 0) is 42.8 Å². The molecule has 0 aliphatic rings. The molecule has 27 heavy (non-hydrogen) atoms. The summed E-state index contributed by atoms with van der Waals surface area (Å²) in [5, 5.41) is 3.73. The van der Waals surface area contributed by atoms with Gasteiger partial charge in [0.15, 0.2) is 11.8 Å². The highest BCUT2D eigenvalue weighted by Gasteiger charge is 2.24. The minimum atomic E-state index is -2.50. The van der Waals surface area contributed by atoms with Crippen molar-refractivity contribution in [3.63, 3.8) is 0 Å². The Hall–Kier alpha value is -2.76. The van der Waals surface area contributed by atoms with E-state index in [4.69, 9.17) is 11.3 Å². The van der Waals surface area contributed by atoms with Crippen LogP contribution in [0.1, 0.15) is 44.3 Å². The first kappa shape index (κ1) is 12.6. The van der Waals surface area contributed by atoms with E-state index in [1.807, 2.05) is 13.0 Å². The van der Waals surface area contributed by atoms with Gasteiger partial charge in [0.2, 0.25) is 5.69 Å². The summed E-state index contributed by atoms with van der Waals surface area (Å²) in [4.78, 5) is 3.65. The maximum Gasteiger partial charge on any atom is 0.330 e. The van der Waals surface area contributed by atoms with Crippen molar-refractivity contribution in [2.45, 2.75) is 40.9 Å². The van der Waals surface area contributed by atoms with Crippen molar-refractivity contribution in [3.8, 4) is 11.3 Å². The Balaban J connectivity index is 2.09. The van der Waals surface area contributed by atoms with Crippen molar-refractivity contribution in [3.05, 3.63) is 47.2 Å². The molecule has 6 heteroatoms. The fourth-order valence-corrected chi connectivity index (χ4v) is 3.25. The quantitative estimate of drug-likeness (QED) is 0.493. The van der Waals surface area contributed by atoms with Crippen molar-refractivity contribution in [2.24, 2.45) is 12.5 Å². The zero-order valence-electron chi connectivity index (χ0n) is 20.9. The van der Waals surface area contributed by atoms with Crippen molar-refractivity contribution in [2.75, 3.05) is 0 Å². The van der Waals surface area contributed by atoms with Crippen LogP contribution in [-0.2, 0) is 13.4 Å². The highest BCUT2D eigenvalue weighted by molar-refractivity contribution is 5.92. The highest BCUT2D eigenvalue weighted by atomic mass is 19.1. The first-order valence-electron chi connectivity index (χ1n) is 11.1. The molecule has 0 saturated carbocycles. The molecule has 0 fully saturated rings. The van der Waals surface area contributed by atoms with Gasteiger partial charge in [-0.3, -0.25) is 0 Å². The second-order valence-electron chi connectivity index (χ2n) is 7.75. The van der Waals surface area contributed by atoms with Gasteiger partial charge in [0.25, 0.3) is 0 Å². The molecule has 0 unspecified atom stereocenters. The molecule has 3 heterocycles. The Morgan fingerprint density at radius 1 is 1.33 bits per heavy atom. The van der Waals surface area contributed by atoms with E-state index < -0.39 is 24.7 Å². The summed E-state index contributed by atoms with van der Waals surface area (Å²) in [6, 6.07) is 5.14. The number of aromatic nitrogens is 4. The van der Waals surface area contributed by atoms with E-state index in [-0.39, 0.29) is 17.0 Å². The summed E-state index contributed by atoms with van der Waals surface area (Å²) in [7, 11) is 1.70. The second-order valence-corrected chi connectivity index (χ2v) is 7.75. The average Bonchev–Trinajstić information content (AvgIpc) is 3.16. The van der Waals surface area contributed by atoms with Gasteiger partial charge in [-0.25, -0.2) is 4.57 Å². The summed E-state index contributed by atoms with van der Waals surface area (Å²) in [5.74, 6) is -0.00337. The van der Waals surface area contributed by atoms with E-state index >= 15 is 0 Å². The van der Waals surface area contributed by atoms with Gasteiger partial charge >= 0.3 is 11.9 Å². The first-order valence-corrected chi connectivity index (χ1v) is 8.62. The number of pyridine rings is 1. The lowest BCUT2D eigenvalue weighted by molar-refractivity contribution is -0.660. The van der Waals surface area contributed by atoms with Crippen LogP contribution in [0.5, 0.6) is 0 Å². The smallest absolute Gasteiger partial charge is 0.330 e. The molecule has 5 nitrogen and oxygen atoms in total. The molecular weight excluding hydrogens is 343 g/mol. The number of halogens is 1. The number of hydrogen-bond donors (Lipinski definition) is 0. The SMILES string of the molecule is [2H]C([2H])([2H])c1c[n+](C)c(-c2c(C)ccc3c2oc2nc(F)nn23)cc1C([2H])([2H])C(C)(C)C. The predicted octanol–water partition coefficient (Wildman–Crippen LogP) is 4.31. The van der Waals surface area contributed by atoms with Crippen molar-refractivity contribution >= 4 is 16.9 Å². The number of aryl methyl sites for hydroxylation is 3. The summed E-state index contributed by atoms with van der Waals surface area (Å²) in [5.41, 5.74) is 2.08. The Morgan fingerprint density at radius 2 is 2.11 bits per heavy atom. The van der Waals surface area contributed by atoms with Gasteiger partial charge < -0.3 is 4.42 Å². The molecule has 4 rings (SSSR count). The number of nitrogens with zero attached hydrogens (tertiary/aromatic N) is 4. The lowest BCUT2D eigenvalue weighted by Crippen LogP contribution is -2.32. The standard InChI is InChI=1S/C21H24FN4O/c1-12-7-8-15-18(27-20-23-19(22)24-26(15)20)17(12)16-9-14(10-21(3,4)5)13(2)11-25(16)6/h7-9,11H,10H2,1-6H3/q+1/i2D3,10D2. The molecule has 0 aliphatic carbocycles. The molecule has 3 aromatic heterocycles. The Kier molecular flexibility index (Phi) is 2.74. The zero-order chi connectivity index (χ0) is 23.8. The fraction of sp³-hybridized carbons (Fsp3) is 0.381. The number of fused-ring (bicyclic) bond motifs is 3. The van der Waals surface area contributed by atoms with Crippen LogP contribution in [-0.4, -0.2) is 14.6 Å². The van der Waals surface area contributed by atoms with Crippen LogP contribution in [0.25, 0.3) is 28.2 Å². The number of oxazole rings is 1. The van der Waals surface area contributed by atoms with Crippen LogP contribution in [0.4, 0.5) is 4.39 Å². The lowest BCUT2D eigenvalue weighted by Gasteiger charge is -2.19. The van der Waals surface area contributed by atoms with E-state index in [1.165, 1.54) is 10.7 Å². The topological polar surface area (TPSA) is 47.2 Å². The van der Waals surface area contributed by atoms with Crippen molar-refractivity contribution < 1.29 is 20.2 Å². The Labute approximate surface area is 164 Å². The summed E-state index contributed by atoms with van der Waals surface area (Å²) in [6.07, 6.45) is -1.39. The van der Waals surface area contributed by atoms with E-state index in [9.17, 15) is 4.39 Å². The molecule has 0 amide bonds. The highest BCUT2D eigenvalue weighted by Crippen LogP contribution is 2.33. The van der Waals surface area contributed by atoms with Gasteiger partial charge in [0.05, 0.1) is 5.56 Å². The van der Waals surface area contributed by atoms with E-state index in [2.05, 4.69) is 10.1 Å². The molecule has 0 N–H and O–H groups in total. The molecule has 0 radical (unpaired) electrons. The zero-order valence-corrected chi connectivity index (χ0v) is 15.9. The minimum absolute atomic E-state index is 0.00337. The summed E-state index contributed by atoms with van der Waals surface area (Å²) in [6.45, 7) is 4.56. The third-order valence-electron chi connectivity index (χ3n) is 4.36. The van der Waals surface area contributed by atoms with Crippen molar-refractivity contribution in [1.29, 1.82) is 0 Å². The molecule has 0 aliphatic heterocycles. The van der Waals surface area contributed by atoms with Crippen LogP contribution in [0.2, 0.25) is 0 Å². The maximum atomic E-state index is 13.5. The van der Waals surface area contributed by atoms with E-state index in [0.29, 0.717) is 22.4 Å². The van der Waals surface area contributed by atoms with Gasteiger partial charge in [-0.15, -0.1) is 10.1 Å². The van der Waals surface area contributed by atoms with Crippen LogP contribution in [0, 0.1) is 25.3 Å². The van der Waals surface area contributed by atoms with E-state index in [0.717, 1.165) is 5.56 Å². The van der Waals surface area contributed by atoms with E-state index in [1.54, 1.807) is 44.5 Å². The maximum absolute atomic E-state index is 13.5. The molecule has 140 valence electrons. The third kappa shape index (κ3) is 2.99. The molecule has 4 aromatic rings. The van der Waals surface area contributed by atoms with Gasteiger partial charge in [-0.1, -0.05) is 26.8 Å². The molecule has 0 atom stereocenters. The van der Waals surface area contributed by atoms with Gasteiger partial charge in [-0.2, -0.15) is 8.91 Å². The number of benzene rings is 1. The summed E-state index contributed by atoms with van der Waals surface area (Å²) < 4.78 is 63.8. The van der Waals surface area contributed by atoms with Crippen LogP contribution in [0.3, 0.4) is 0 Å². The molecule has 0 spiro atoms. The average molecular weight is 372 g/mol. The first-order chi connectivity index (χ1) is 14.6. The van der Waals surface area contributed by atoms with Gasteiger partial charge in [0, 0.05) is 18.5 Å². The second kappa shape index (κ2) is 5.87. The largest absolute Gasteiger partial charge is 0.421 e. The van der Waals surface area contributed by atoms with Gasteiger partial charge in [0.1, 0.15) is 12.6 Å². The van der Waals surface area contributed by atoms with Crippen LogP contribution in [0.15, 0.2) is 28.8 Å². The Morgan fingerprint density at radius 3 is 2.81 bits per heavy atom. The molecule has 0 saturated heterocycles. The number of rotatable bonds is 2. The monoisotopic (exact) mass is 372 g/mol. The van der Waals surface area contributed by atoms with Crippen LogP contribution >= 0.6 is 0 Å². The summed E-state index contributed by atoms with van der Waals surface area (Å²) >= 11 is 0. The Bertz CT molecular complexity index is 1370. The third-order valence-corrected chi connectivity index (χ3v) is 4.36.